The average Bonchev–Trinajstić information content (AvgIpc) is 2.98. The Kier molecular flexibility index (Phi) is 3.34. The molecule has 1 fully saturated rings. The molecule has 4 nitrogen and oxygen atoms in total. The zero-order valence-corrected chi connectivity index (χ0v) is 11.1. The number of nitrogens with one attached hydrogen (secondary N) is 1. The van der Waals surface area contributed by atoms with Crippen LogP contribution in [0.15, 0.2) is 16.3 Å². The Morgan fingerprint density at radius 3 is 2.81 bits per heavy atom. The van der Waals surface area contributed by atoms with Crippen LogP contribution < -0.4 is 5.32 Å². The summed E-state index contributed by atoms with van der Waals surface area (Å²) >= 11 is 1.48. The van der Waals surface area contributed by atoms with Crippen LogP contribution in [0.5, 0.6) is 0 Å². The molecular weight excluding hydrogens is 244 g/mol. The number of nitrogens with zero attached hydrogens (tertiary/aromatic N) is 1. The van der Waals surface area contributed by atoms with Gasteiger partial charge in [-0.3, -0.25) is 0 Å². The first-order valence-corrected chi connectivity index (χ1v) is 7.57. The van der Waals surface area contributed by atoms with Gasteiger partial charge in [0.15, 0.2) is 0 Å². The van der Waals surface area contributed by atoms with Crippen molar-refractivity contribution in [3.05, 3.63) is 16.3 Å². The number of thiophene rings is 1. The molecule has 1 N–H and O–H groups in total. The minimum absolute atomic E-state index is 0.220. The lowest BCUT2D eigenvalue weighted by Crippen LogP contribution is -2.28. The lowest BCUT2D eigenvalue weighted by Gasteiger charge is -2.14. The first-order valence-electron chi connectivity index (χ1n) is 5.25. The molecule has 0 bridgehead atoms. The zero-order valence-electron chi connectivity index (χ0n) is 9.43. The third-order valence-electron chi connectivity index (χ3n) is 2.72. The molecule has 1 aromatic rings. The van der Waals surface area contributed by atoms with Gasteiger partial charge in [-0.15, -0.1) is 11.3 Å². The molecule has 2 rings (SSSR count). The maximum atomic E-state index is 12.1. The van der Waals surface area contributed by atoms with Crippen LogP contribution in [0.1, 0.15) is 17.7 Å². The van der Waals surface area contributed by atoms with Gasteiger partial charge in [0.1, 0.15) is 0 Å². The summed E-state index contributed by atoms with van der Waals surface area (Å²) in [6.45, 7) is 0.716. The Bertz CT molecular complexity index is 463. The fourth-order valence-corrected chi connectivity index (χ4v) is 4.25. The monoisotopic (exact) mass is 260 g/mol. The molecule has 0 saturated heterocycles. The van der Waals surface area contributed by atoms with Crippen molar-refractivity contribution in [3.8, 4) is 0 Å². The molecule has 0 amide bonds. The van der Waals surface area contributed by atoms with E-state index in [1.807, 2.05) is 7.05 Å². The van der Waals surface area contributed by atoms with Gasteiger partial charge in [0.05, 0.1) is 4.90 Å². The highest BCUT2D eigenvalue weighted by Crippen LogP contribution is 2.31. The Morgan fingerprint density at radius 2 is 2.25 bits per heavy atom. The van der Waals surface area contributed by atoms with Crippen molar-refractivity contribution < 1.29 is 8.42 Å². The number of sulfonamides is 1. The normalized spacial score (nSPS) is 16.9. The predicted molar refractivity (Wildman–Crippen MR) is 65.1 cm³/mol. The van der Waals surface area contributed by atoms with Gasteiger partial charge in [0, 0.05) is 29.9 Å². The Labute approximate surface area is 100 Å². The maximum Gasteiger partial charge on any atom is 0.243 e. The van der Waals surface area contributed by atoms with E-state index in [1.165, 1.54) is 15.6 Å². The summed E-state index contributed by atoms with van der Waals surface area (Å²) in [5.74, 6) is 0. The van der Waals surface area contributed by atoms with Crippen LogP contribution in [0.2, 0.25) is 0 Å². The van der Waals surface area contributed by atoms with Crippen molar-refractivity contribution in [2.45, 2.75) is 30.3 Å². The van der Waals surface area contributed by atoms with E-state index in [2.05, 4.69) is 5.32 Å². The van der Waals surface area contributed by atoms with E-state index in [-0.39, 0.29) is 6.04 Å². The second-order valence-electron chi connectivity index (χ2n) is 4.03. The second kappa shape index (κ2) is 4.44. The molecule has 1 saturated carbocycles. The molecule has 90 valence electrons. The second-order valence-corrected chi connectivity index (χ2v) is 7.02. The van der Waals surface area contributed by atoms with E-state index in [1.54, 1.807) is 18.5 Å². The number of hydrogen-bond acceptors (Lipinski definition) is 4. The van der Waals surface area contributed by atoms with Crippen molar-refractivity contribution in [2.75, 3.05) is 14.1 Å². The smallest absolute Gasteiger partial charge is 0.243 e. The third kappa shape index (κ3) is 2.29. The van der Waals surface area contributed by atoms with Gasteiger partial charge < -0.3 is 5.32 Å². The molecule has 1 aliphatic rings. The highest BCUT2D eigenvalue weighted by Gasteiger charge is 2.35. The lowest BCUT2D eigenvalue weighted by atomic mass is 10.5. The topological polar surface area (TPSA) is 49.4 Å². The quantitative estimate of drug-likeness (QED) is 0.867. The molecule has 1 heterocycles. The summed E-state index contributed by atoms with van der Waals surface area (Å²) in [5.41, 5.74) is 0. The van der Waals surface area contributed by atoms with Crippen LogP contribution in [-0.2, 0) is 16.6 Å². The molecule has 0 aromatic carbocycles. The predicted octanol–water partition coefficient (Wildman–Crippen LogP) is 1.25. The fraction of sp³-hybridized carbons (Fsp3) is 0.600. The van der Waals surface area contributed by atoms with Crippen LogP contribution in [0.3, 0.4) is 0 Å². The Hall–Kier alpha value is -0.430. The summed E-state index contributed by atoms with van der Waals surface area (Å²) in [6, 6.07) is 1.98. The molecule has 0 atom stereocenters. The van der Waals surface area contributed by atoms with Gasteiger partial charge in [-0.25, -0.2) is 8.42 Å². The SMILES string of the molecule is CNCc1cc(S(=O)(=O)N(C)C2CC2)cs1. The number of rotatable bonds is 5. The van der Waals surface area contributed by atoms with Gasteiger partial charge in [-0.2, -0.15) is 4.31 Å². The van der Waals surface area contributed by atoms with E-state index >= 15 is 0 Å². The molecule has 0 spiro atoms. The summed E-state index contributed by atoms with van der Waals surface area (Å²) in [7, 11) is 0.263. The van der Waals surface area contributed by atoms with Crippen LogP contribution in [0, 0.1) is 0 Å². The van der Waals surface area contributed by atoms with Gasteiger partial charge in [-0.05, 0) is 26.0 Å². The molecular formula is C10H16N2O2S2. The highest BCUT2D eigenvalue weighted by molar-refractivity contribution is 7.89. The van der Waals surface area contributed by atoms with Crippen molar-refractivity contribution in [1.29, 1.82) is 0 Å². The van der Waals surface area contributed by atoms with Crippen molar-refractivity contribution in [2.24, 2.45) is 0 Å². The third-order valence-corrected chi connectivity index (χ3v) is 5.69. The number of hydrogen-bond donors (Lipinski definition) is 1. The van der Waals surface area contributed by atoms with E-state index in [4.69, 9.17) is 0 Å². The summed E-state index contributed by atoms with van der Waals surface area (Å²) in [6.07, 6.45) is 1.98. The van der Waals surface area contributed by atoms with Crippen LogP contribution in [-0.4, -0.2) is 32.9 Å². The first-order chi connectivity index (χ1) is 7.55. The summed E-state index contributed by atoms with van der Waals surface area (Å²) in [5, 5.41) is 4.74. The lowest BCUT2D eigenvalue weighted by molar-refractivity contribution is 0.464. The highest BCUT2D eigenvalue weighted by atomic mass is 32.2. The Balaban J connectivity index is 2.21. The van der Waals surface area contributed by atoms with Crippen molar-refractivity contribution >= 4 is 21.4 Å². The van der Waals surface area contributed by atoms with Crippen molar-refractivity contribution in [3.63, 3.8) is 0 Å². The van der Waals surface area contributed by atoms with E-state index in [9.17, 15) is 8.42 Å². The summed E-state index contributed by atoms with van der Waals surface area (Å²) < 4.78 is 25.8. The van der Waals surface area contributed by atoms with Crippen LogP contribution in [0.4, 0.5) is 0 Å². The molecule has 1 aromatic heterocycles. The molecule has 6 heteroatoms. The van der Waals surface area contributed by atoms with Gasteiger partial charge in [0.2, 0.25) is 10.0 Å². The minimum atomic E-state index is -3.26. The fourth-order valence-electron chi connectivity index (χ4n) is 1.56. The largest absolute Gasteiger partial charge is 0.315 e. The van der Waals surface area contributed by atoms with Gasteiger partial charge in [-0.1, -0.05) is 0 Å². The maximum absolute atomic E-state index is 12.1. The van der Waals surface area contributed by atoms with Gasteiger partial charge >= 0.3 is 0 Å². The van der Waals surface area contributed by atoms with E-state index in [0.717, 1.165) is 17.7 Å². The summed E-state index contributed by atoms with van der Waals surface area (Å²) in [4.78, 5) is 1.47. The molecule has 16 heavy (non-hydrogen) atoms. The molecule has 0 unspecified atom stereocenters. The van der Waals surface area contributed by atoms with E-state index in [0.29, 0.717) is 11.4 Å². The molecule has 0 radical (unpaired) electrons. The van der Waals surface area contributed by atoms with E-state index < -0.39 is 10.0 Å². The Morgan fingerprint density at radius 1 is 1.56 bits per heavy atom. The van der Waals surface area contributed by atoms with Gasteiger partial charge in [0.25, 0.3) is 0 Å². The van der Waals surface area contributed by atoms with Crippen molar-refractivity contribution in [1.82, 2.24) is 9.62 Å². The standard InChI is InChI=1S/C10H16N2O2S2/c1-11-6-9-5-10(7-15-9)16(13,14)12(2)8-3-4-8/h5,7-8,11H,3-4,6H2,1-2H3. The van der Waals surface area contributed by atoms with Crippen LogP contribution in [0.25, 0.3) is 0 Å². The molecule has 1 aliphatic carbocycles. The minimum Gasteiger partial charge on any atom is -0.315 e. The average molecular weight is 260 g/mol. The molecule has 0 aliphatic heterocycles. The zero-order chi connectivity index (χ0) is 11.8. The first kappa shape index (κ1) is 12.0. The van der Waals surface area contributed by atoms with Crippen LogP contribution >= 0.6 is 11.3 Å².